The number of hydrogen-bond donors (Lipinski definition) is 1. The highest BCUT2D eigenvalue weighted by molar-refractivity contribution is 7.91. The minimum atomic E-state index is -3.07. The highest BCUT2D eigenvalue weighted by Crippen LogP contribution is 2.26. The summed E-state index contributed by atoms with van der Waals surface area (Å²) in [5, 5.41) is 2.90. The van der Waals surface area contributed by atoms with E-state index in [4.69, 9.17) is 4.74 Å². The first-order chi connectivity index (χ1) is 14.9. The molecule has 7 nitrogen and oxygen atoms in total. The lowest BCUT2D eigenvalue weighted by atomic mass is 10.1. The molecule has 0 aliphatic carbocycles. The third-order valence-electron chi connectivity index (χ3n) is 5.79. The number of hydrogen-bond acceptors (Lipinski definition) is 5. The van der Waals surface area contributed by atoms with Crippen LogP contribution in [0.15, 0.2) is 54.6 Å². The average Bonchev–Trinajstić information content (AvgIpc) is 3.33. The quantitative estimate of drug-likeness (QED) is 0.707. The molecule has 31 heavy (non-hydrogen) atoms. The molecule has 2 atom stereocenters. The zero-order valence-corrected chi connectivity index (χ0v) is 18.0. The third-order valence-corrected chi connectivity index (χ3v) is 7.54. The summed E-state index contributed by atoms with van der Waals surface area (Å²) in [6.45, 7) is 1.09. The molecule has 0 unspecified atom stereocenters. The SMILES string of the molecule is O=C(NCc1cccc(OCc2ccccc2)c1)[C@H]1CC(=O)N([C@@H]2CCS(=O)(=O)C2)C1. The van der Waals surface area contributed by atoms with E-state index in [0.717, 1.165) is 16.9 Å². The van der Waals surface area contributed by atoms with E-state index in [2.05, 4.69) is 5.32 Å². The Morgan fingerprint density at radius 2 is 1.87 bits per heavy atom. The number of benzene rings is 2. The van der Waals surface area contributed by atoms with Crippen LogP contribution in [0.3, 0.4) is 0 Å². The van der Waals surface area contributed by atoms with Gasteiger partial charge in [-0.3, -0.25) is 9.59 Å². The number of carbonyl (C=O) groups excluding carboxylic acids is 2. The van der Waals surface area contributed by atoms with E-state index in [-0.39, 0.29) is 42.3 Å². The van der Waals surface area contributed by atoms with Gasteiger partial charge >= 0.3 is 0 Å². The number of sulfone groups is 1. The molecule has 0 spiro atoms. The first-order valence-electron chi connectivity index (χ1n) is 10.4. The van der Waals surface area contributed by atoms with E-state index in [1.165, 1.54) is 0 Å². The van der Waals surface area contributed by atoms with Crippen LogP contribution < -0.4 is 10.1 Å². The molecular weight excluding hydrogens is 416 g/mol. The maximum absolute atomic E-state index is 12.6. The number of nitrogens with zero attached hydrogens (tertiary/aromatic N) is 1. The van der Waals surface area contributed by atoms with Crippen molar-refractivity contribution in [3.63, 3.8) is 0 Å². The summed E-state index contributed by atoms with van der Waals surface area (Å²) in [5.74, 6) is 0.0589. The number of rotatable bonds is 7. The highest BCUT2D eigenvalue weighted by atomic mass is 32.2. The Kier molecular flexibility index (Phi) is 6.27. The van der Waals surface area contributed by atoms with Gasteiger partial charge in [0.25, 0.3) is 0 Å². The van der Waals surface area contributed by atoms with Gasteiger partial charge in [0.15, 0.2) is 9.84 Å². The summed E-state index contributed by atoms with van der Waals surface area (Å²) in [6.07, 6.45) is 0.584. The van der Waals surface area contributed by atoms with Gasteiger partial charge in [-0.1, -0.05) is 42.5 Å². The Labute approximate surface area is 182 Å². The Bertz CT molecular complexity index is 1050. The minimum absolute atomic E-state index is 0.00283. The molecule has 0 saturated carbocycles. The number of ether oxygens (including phenoxy) is 1. The second kappa shape index (κ2) is 9.09. The fraction of sp³-hybridized carbons (Fsp3) is 0.391. The lowest BCUT2D eigenvalue weighted by Gasteiger charge is -2.22. The smallest absolute Gasteiger partial charge is 0.225 e. The van der Waals surface area contributed by atoms with Gasteiger partial charge in [0.1, 0.15) is 12.4 Å². The molecule has 2 aliphatic heterocycles. The lowest BCUT2D eigenvalue weighted by molar-refractivity contribution is -0.130. The Balaban J connectivity index is 1.28. The van der Waals surface area contributed by atoms with Crippen molar-refractivity contribution in [3.8, 4) is 5.75 Å². The predicted octanol–water partition coefficient (Wildman–Crippen LogP) is 1.92. The van der Waals surface area contributed by atoms with Crippen LogP contribution in [0.25, 0.3) is 0 Å². The Morgan fingerprint density at radius 1 is 1.10 bits per heavy atom. The standard InChI is InChI=1S/C23H26N2O5S/c26-22-12-19(14-25(22)20-9-10-31(28,29)16-20)23(27)24-13-18-7-4-8-21(11-18)30-15-17-5-2-1-3-6-17/h1-8,11,19-20H,9-10,12-16H2,(H,24,27)/t19-,20+/m0/s1. The van der Waals surface area contributed by atoms with Gasteiger partial charge in [0, 0.05) is 25.6 Å². The molecule has 0 aromatic heterocycles. The Morgan fingerprint density at radius 3 is 2.61 bits per heavy atom. The molecule has 8 heteroatoms. The topological polar surface area (TPSA) is 92.8 Å². The summed E-state index contributed by atoms with van der Waals surface area (Å²) in [6, 6.07) is 17.1. The number of nitrogens with one attached hydrogen (secondary N) is 1. The van der Waals surface area contributed by atoms with Crippen LogP contribution in [0, 0.1) is 5.92 Å². The molecular formula is C23H26N2O5S. The summed E-state index contributed by atoms with van der Waals surface area (Å²) >= 11 is 0. The van der Waals surface area contributed by atoms with Crippen molar-refractivity contribution in [2.75, 3.05) is 18.1 Å². The summed E-state index contributed by atoms with van der Waals surface area (Å²) < 4.78 is 29.2. The van der Waals surface area contributed by atoms with Gasteiger partial charge in [-0.05, 0) is 29.7 Å². The normalized spacial score (nSPS) is 22.5. The van der Waals surface area contributed by atoms with Crippen LogP contribution >= 0.6 is 0 Å². The monoisotopic (exact) mass is 442 g/mol. The molecule has 1 N–H and O–H groups in total. The van der Waals surface area contributed by atoms with Crippen LogP contribution in [0.5, 0.6) is 5.75 Å². The van der Waals surface area contributed by atoms with Crippen molar-refractivity contribution < 1.29 is 22.7 Å². The fourth-order valence-electron chi connectivity index (χ4n) is 4.10. The molecule has 2 aromatic carbocycles. The fourth-order valence-corrected chi connectivity index (χ4v) is 5.83. The number of carbonyl (C=O) groups is 2. The maximum Gasteiger partial charge on any atom is 0.225 e. The van der Waals surface area contributed by atoms with Crippen molar-refractivity contribution >= 4 is 21.7 Å². The molecule has 2 saturated heterocycles. The lowest BCUT2D eigenvalue weighted by Crippen LogP contribution is -2.39. The van der Waals surface area contributed by atoms with Crippen molar-refractivity contribution in [2.24, 2.45) is 5.92 Å². The second-order valence-corrected chi connectivity index (χ2v) is 10.4. The molecule has 2 amide bonds. The molecule has 0 radical (unpaired) electrons. The first kappa shape index (κ1) is 21.4. The van der Waals surface area contributed by atoms with Crippen LogP contribution in [-0.4, -0.2) is 49.2 Å². The first-order valence-corrected chi connectivity index (χ1v) is 12.2. The molecule has 164 valence electrons. The van der Waals surface area contributed by atoms with Crippen molar-refractivity contribution in [1.82, 2.24) is 10.2 Å². The van der Waals surface area contributed by atoms with Gasteiger partial charge in [-0.2, -0.15) is 0 Å². The van der Waals surface area contributed by atoms with Crippen molar-refractivity contribution in [3.05, 3.63) is 65.7 Å². The maximum atomic E-state index is 12.6. The molecule has 0 bridgehead atoms. The summed E-state index contributed by atoms with van der Waals surface area (Å²) in [4.78, 5) is 26.5. The summed E-state index contributed by atoms with van der Waals surface area (Å²) in [5.41, 5.74) is 1.98. The van der Waals surface area contributed by atoms with E-state index < -0.39 is 15.8 Å². The van der Waals surface area contributed by atoms with Crippen molar-refractivity contribution in [1.29, 1.82) is 0 Å². The minimum Gasteiger partial charge on any atom is -0.489 e. The van der Waals surface area contributed by atoms with E-state index >= 15 is 0 Å². The molecule has 4 rings (SSSR count). The second-order valence-electron chi connectivity index (χ2n) is 8.14. The molecule has 2 aromatic rings. The van der Waals surface area contributed by atoms with Gasteiger partial charge < -0.3 is 15.0 Å². The van der Waals surface area contributed by atoms with E-state index in [9.17, 15) is 18.0 Å². The predicted molar refractivity (Wildman–Crippen MR) is 116 cm³/mol. The number of likely N-dealkylation sites (tertiary alicyclic amines) is 1. The van der Waals surface area contributed by atoms with Gasteiger partial charge in [-0.25, -0.2) is 8.42 Å². The summed E-state index contributed by atoms with van der Waals surface area (Å²) in [7, 11) is -3.07. The average molecular weight is 443 g/mol. The van der Waals surface area contributed by atoms with Crippen LogP contribution in [0.2, 0.25) is 0 Å². The van der Waals surface area contributed by atoms with Gasteiger partial charge in [0.2, 0.25) is 11.8 Å². The van der Waals surface area contributed by atoms with Crippen LogP contribution in [0.4, 0.5) is 0 Å². The highest BCUT2D eigenvalue weighted by Gasteiger charge is 2.41. The van der Waals surface area contributed by atoms with Gasteiger partial charge in [0.05, 0.1) is 17.4 Å². The van der Waals surface area contributed by atoms with Crippen molar-refractivity contribution in [2.45, 2.75) is 32.0 Å². The molecule has 2 aliphatic rings. The molecule has 2 heterocycles. The van der Waals surface area contributed by atoms with E-state index in [0.29, 0.717) is 19.6 Å². The molecule has 2 fully saturated rings. The Hall–Kier alpha value is -2.87. The van der Waals surface area contributed by atoms with Gasteiger partial charge in [-0.15, -0.1) is 0 Å². The van der Waals surface area contributed by atoms with E-state index in [1.807, 2.05) is 54.6 Å². The zero-order valence-electron chi connectivity index (χ0n) is 17.2. The largest absolute Gasteiger partial charge is 0.489 e. The third kappa shape index (κ3) is 5.44. The van der Waals surface area contributed by atoms with E-state index in [1.54, 1.807) is 4.90 Å². The zero-order chi connectivity index (χ0) is 21.8. The number of amides is 2. The van der Waals surface area contributed by atoms with Crippen LogP contribution in [-0.2, 0) is 32.6 Å². The van der Waals surface area contributed by atoms with Crippen LogP contribution in [0.1, 0.15) is 24.0 Å².